The third kappa shape index (κ3) is 4.69. The molecule has 0 radical (unpaired) electrons. The van der Waals surface area contributed by atoms with Crippen molar-refractivity contribution in [2.24, 2.45) is 17.8 Å². The Balaban J connectivity index is 1.74. The highest BCUT2D eigenvalue weighted by Gasteiger charge is 2.29. The first-order valence-corrected chi connectivity index (χ1v) is 9.49. The molecule has 124 valence electrons. The molecule has 0 amide bonds. The van der Waals surface area contributed by atoms with E-state index in [2.05, 4.69) is 44.4 Å². The Morgan fingerprint density at radius 3 is 2.19 bits per heavy atom. The Bertz CT molecular complexity index is 294. The molecule has 0 bridgehead atoms. The van der Waals surface area contributed by atoms with E-state index in [1.807, 2.05) is 0 Å². The van der Waals surface area contributed by atoms with E-state index >= 15 is 0 Å². The van der Waals surface area contributed by atoms with Gasteiger partial charge in [0.2, 0.25) is 0 Å². The molecule has 1 unspecified atom stereocenters. The maximum Gasteiger partial charge on any atom is 0.0195 e. The fraction of sp³-hybridized carbons (Fsp3) is 1.00. The molecule has 2 heteroatoms. The van der Waals surface area contributed by atoms with Crippen molar-refractivity contribution in [1.29, 1.82) is 0 Å². The molecule has 2 fully saturated rings. The van der Waals surface area contributed by atoms with Crippen molar-refractivity contribution >= 4 is 0 Å². The van der Waals surface area contributed by atoms with Gasteiger partial charge in [-0.05, 0) is 64.2 Å². The van der Waals surface area contributed by atoms with Crippen LogP contribution in [0.5, 0.6) is 0 Å². The van der Waals surface area contributed by atoms with Gasteiger partial charge in [0.1, 0.15) is 0 Å². The molecule has 1 saturated carbocycles. The molecular weight excluding hydrogens is 256 g/mol. The standard InChI is InChI=1S/C19H38N2/c1-6-16(4)19-9-7-18(8-10-19)14-21-12-11-20(15(2)3)13-17(21)5/h15-19H,6-14H2,1-5H3/t16?,17-,18?,19?/m1/s1. The van der Waals surface area contributed by atoms with E-state index in [9.17, 15) is 0 Å². The third-order valence-electron chi connectivity index (χ3n) is 6.36. The molecule has 1 saturated heterocycles. The van der Waals surface area contributed by atoms with Crippen molar-refractivity contribution in [3.05, 3.63) is 0 Å². The molecule has 0 N–H and O–H groups in total. The SMILES string of the molecule is CCC(C)C1CCC(CN2CCN(C(C)C)C[C@H]2C)CC1. The zero-order chi connectivity index (χ0) is 15.4. The number of hydrogen-bond donors (Lipinski definition) is 0. The Hall–Kier alpha value is -0.0800. The highest BCUT2D eigenvalue weighted by molar-refractivity contribution is 4.84. The highest BCUT2D eigenvalue weighted by atomic mass is 15.3. The lowest BCUT2D eigenvalue weighted by molar-refractivity contribution is 0.0451. The Labute approximate surface area is 133 Å². The molecule has 1 aliphatic carbocycles. The molecule has 0 aromatic carbocycles. The quantitative estimate of drug-likeness (QED) is 0.748. The van der Waals surface area contributed by atoms with E-state index in [1.165, 1.54) is 58.3 Å². The van der Waals surface area contributed by atoms with Gasteiger partial charge in [-0.15, -0.1) is 0 Å². The summed E-state index contributed by atoms with van der Waals surface area (Å²) in [4.78, 5) is 5.41. The second-order valence-corrected chi connectivity index (χ2v) is 8.10. The summed E-state index contributed by atoms with van der Waals surface area (Å²) in [5.41, 5.74) is 0. The van der Waals surface area contributed by atoms with Crippen molar-refractivity contribution in [1.82, 2.24) is 9.80 Å². The van der Waals surface area contributed by atoms with Gasteiger partial charge in [0, 0.05) is 38.3 Å². The largest absolute Gasteiger partial charge is 0.298 e. The van der Waals surface area contributed by atoms with Crippen molar-refractivity contribution in [2.75, 3.05) is 26.2 Å². The lowest BCUT2D eigenvalue weighted by Crippen LogP contribution is -2.54. The van der Waals surface area contributed by atoms with Crippen LogP contribution < -0.4 is 0 Å². The zero-order valence-electron chi connectivity index (χ0n) is 15.1. The lowest BCUT2D eigenvalue weighted by atomic mass is 9.75. The van der Waals surface area contributed by atoms with E-state index in [1.54, 1.807) is 0 Å². The van der Waals surface area contributed by atoms with Crippen molar-refractivity contribution in [2.45, 2.75) is 78.8 Å². The second kappa shape index (κ2) is 7.97. The summed E-state index contributed by atoms with van der Waals surface area (Å²) in [6.07, 6.45) is 7.29. The van der Waals surface area contributed by atoms with Crippen LogP contribution in [0.25, 0.3) is 0 Å². The predicted molar refractivity (Wildman–Crippen MR) is 92.6 cm³/mol. The molecular formula is C19H38N2. The van der Waals surface area contributed by atoms with Crippen LogP contribution >= 0.6 is 0 Å². The number of nitrogens with zero attached hydrogens (tertiary/aromatic N) is 2. The van der Waals surface area contributed by atoms with Crippen LogP contribution in [-0.4, -0.2) is 48.1 Å². The van der Waals surface area contributed by atoms with E-state index in [-0.39, 0.29) is 0 Å². The van der Waals surface area contributed by atoms with Crippen LogP contribution in [0.15, 0.2) is 0 Å². The molecule has 0 spiro atoms. The smallest absolute Gasteiger partial charge is 0.0195 e. The Kier molecular flexibility index (Phi) is 6.55. The molecule has 2 atom stereocenters. The monoisotopic (exact) mass is 294 g/mol. The lowest BCUT2D eigenvalue weighted by Gasteiger charge is -2.44. The Morgan fingerprint density at radius 2 is 1.67 bits per heavy atom. The van der Waals surface area contributed by atoms with Gasteiger partial charge in [-0.25, -0.2) is 0 Å². The van der Waals surface area contributed by atoms with Gasteiger partial charge in [0.05, 0.1) is 0 Å². The maximum atomic E-state index is 2.77. The molecule has 2 aliphatic rings. The maximum absolute atomic E-state index is 2.77. The van der Waals surface area contributed by atoms with Gasteiger partial charge in [-0.1, -0.05) is 20.3 Å². The van der Waals surface area contributed by atoms with Crippen molar-refractivity contribution < 1.29 is 0 Å². The topological polar surface area (TPSA) is 6.48 Å². The van der Waals surface area contributed by atoms with E-state index in [0.29, 0.717) is 6.04 Å². The first-order valence-electron chi connectivity index (χ1n) is 9.49. The van der Waals surface area contributed by atoms with Crippen LogP contribution in [0.2, 0.25) is 0 Å². The summed E-state index contributed by atoms with van der Waals surface area (Å²) in [5.74, 6) is 2.93. The molecule has 2 rings (SSSR count). The van der Waals surface area contributed by atoms with Crippen LogP contribution in [0, 0.1) is 17.8 Å². The summed E-state index contributed by atoms with van der Waals surface area (Å²) in [6, 6.07) is 1.45. The van der Waals surface area contributed by atoms with Gasteiger partial charge in [-0.3, -0.25) is 9.80 Å². The molecule has 1 heterocycles. The van der Waals surface area contributed by atoms with Crippen LogP contribution in [0.1, 0.15) is 66.7 Å². The van der Waals surface area contributed by atoms with E-state index in [0.717, 1.165) is 23.8 Å². The number of hydrogen-bond acceptors (Lipinski definition) is 2. The summed E-state index contributed by atoms with van der Waals surface area (Å²) >= 11 is 0. The molecule has 0 aromatic rings. The first-order chi connectivity index (χ1) is 10.0. The minimum atomic E-state index is 0.709. The fourth-order valence-corrected chi connectivity index (χ4v) is 4.37. The fourth-order valence-electron chi connectivity index (χ4n) is 4.37. The van der Waals surface area contributed by atoms with Gasteiger partial charge in [-0.2, -0.15) is 0 Å². The normalized spacial score (nSPS) is 34.3. The van der Waals surface area contributed by atoms with Crippen molar-refractivity contribution in [3.8, 4) is 0 Å². The summed E-state index contributed by atoms with van der Waals surface area (Å²) in [5, 5.41) is 0. The molecule has 1 aliphatic heterocycles. The van der Waals surface area contributed by atoms with Gasteiger partial charge in [0.25, 0.3) is 0 Å². The molecule has 0 aromatic heterocycles. The molecule has 2 nitrogen and oxygen atoms in total. The summed E-state index contributed by atoms with van der Waals surface area (Å²) < 4.78 is 0. The zero-order valence-corrected chi connectivity index (χ0v) is 15.1. The minimum Gasteiger partial charge on any atom is -0.298 e. The van der Waals surface area contributed by atoms with Gasteiger partial charge >= 0.3 is 0 Å². The highest BCUT2D eigenvalue weighted by Crippen LogP contribution is 2.35. The predicted octanol–water partition coefficient (Wildman–Crippen LogP) is 4.25. The van der Waals surface area contributed by atoms with Gasteiger partial charge in [0.15, 0.2) is 0 Å². The third-order valence-corrected chi connectivity index (χ3v) is 6.36. The van der Waals surface area contributed by atoms with Crippen molar-refractivity contribution in [3.63, 3.8) is 0 Å². The average Bonchev–Trinajstić information content (AvgIpc) is 2.49. The summed E-state index contributed by atoms with van der Waals surface area (Å²) in [7, 11) is 0. The average molecular weight is 295 g/mol. The summed E-state index contributed by atoms with van der Waals surface area (Å²) in [6.45, 7) is 17.1. The van der Waals surface area contributed by atoms with Crippen LogP contribution in [0.4, 0.5) is 0 Å². The molecule has 21 heavy (non-hydrogen) atoms. The van der Waals surface area contributed by atoms with Crippen LogP contribution in [-0.2, 0) is 0 Å². The minimum absolute atomic E-state index is 0.709. The van der Waals surface area contributed by atoms with Crippen LogP contribution in [0.3, 0.4) is 0 Å². The number of rotatable bonds is 5. The second-order valence-electron chi connectivity index (χ2n) is 8.10. The number of piperazine rings is 1. The van der Waals surface area contributed by atoms with E-state index in [4.69, 9.17) is 0 Å². The van der Waals surface area contributed by atoms with Gasteiger partial charge < -0.3 is 0 Å². The Morgan fingerprint density at radius 1 is 1.00 bits per heavy atom. The van der Waals surface area contributed by atoms with E-state index < -0.39 is 0 Å². The first kappa shape index (κ1) is 17.3.